The van der Waals surface area contributed by atoms with Crippen LogP contribution in [0.25, 0.3) is 0 Å². The molecular formula is C28H37Cl2N3O5S. The fraction of sp³-hybridized carbons (Fsp3) is 0.500. The van der Waals surface area contributed by atoms with E-state index in [9.17, 15) is 18.0 Å². The third-order valence-electron chi connectivity index (χ3n) is 6.84. The Hall–Kier alpha value is -2.49. The van der Waals surface area contributed by atoms with Gasteiger partial charge in [0, 0.05) is 41.2 Å². The molecule has 2 aromatic rings. The summed E-state index contributed by atoms with van der Waals surface area (Å²) in [4.78, 5) is 28.2. The predicted octanol–water partition coefficient (Wildman–Crippen LogP) is 5.41. The molecule has 2 aromatic carbocycles. The number of ether oxygens (including phenoxy) is 1. The molecule has 39 heavy (non-hydrogen) atoms. The number of benzene rings is 2. The van der Waals surface area contributed by atoms with Crippen LogP contribution >= 0.6 is 23.2 Å². The highest BCUT2D eigenvalue weighted by Crippen LogP contribution is 2.31. The van der Waals surface area contributed by atoms with Gasteiger partial charge in [0.2, 0.25) is 21.8 Å². The summed E-state index contributed by atoms with van der Waals surface area (Å²) in [7, 11) is -3.65. The Morgan fingerprint density at radius 1 is 1.08 bits per heavy atom. The first-order chi connectivity index (χ1) is 18.5. The monoisotopic (exact) mass is 597 g/mol. The Labute approximate surface area is 241 Å². The Balaban J connectivity index is 1.78. The van der Waals surface area contributed by atoms with Crippen molar-refractivity contribution in [2.75, 3.05) is 23.7 Å². The fourth-order valence-electron chi connectivity index (χ4n) is 4.75. The fourth-order valence-corrected chi connectivity index (χ4v) is 6.24. The molecule has 1 aliphatic carbocycles. The van der Waals surface area contributed by atoms with Crippen LogP contribution in [0.4, 0.5) is 5.69 Å². The molecule has 1 aliphatic rings. The smallest absolute Gasteiger partial charge is 0.242 e. The second-order valence-electron chi connectivity index (χ2n) is 9.73. The van der Waals surface area contributed by atoms with Crippen molar-refractivity contribution in [2.45, 2.75) is 71.0 Å². The first kappa shape index (κ1) is 31.0. The number of hydrogen-bond donors (Lipinski definition) is 1. The Bertz CT molecular complexity index is 1230. The van der Waals surface area contributed by atoms with Crippen molar-refractivity contribution < 1.29 is 22.7 Å². The van der Waals surface area contributed by atoms with E-state index in [1.54, 1.807) is 49.4 Å². The van der Waals surface area contributed by atoms with Crippen molar-refractivity contribution in [3.8, 4) is 5.75 Å². The number of nitrogens with one attached hydrogen (secondary N) is 1. The minimum absolute atomic E-state index is 0.0198. The maximum absolute atomic E-state index is 13.6. The summed E-state index contributed by atoms with van der Waals surface area (Å²) in [5.41, 5.74) is 0.969. The summed E-state index contributed by atoms with van der Waals surface area (Å²) >= 11 is 12.8. The quantitative estimate of drug-likeness (QED) is 0.333. The Morgan fingerprint density at radius 2 is 1.72 bits per heavy atom. The van der Waals surface area contributed by atoms with Gasteiger partial charge in [0.15, 0.2) is 0 Å². The molecule has 1 N–H and O–H groups in total. The van der Waals surface area contributed by atoms with E-state index in [-0.39, 0.29) is 43.8 Å². The highest BCUT2D eigenvalue weighted by Gasteiger charge is 2.30. The van der Waals surface area contributed by atoms with Crippen molar-refractivity contribution in [2.24, 2.45) is 0 Å². The molecule has 2 amide bonds. The minimum atomic E-state index is -3.65. The summed E-state index contributed by atoms with van der Waals surface area (Å²) in [5, 5.41) is 3.87. The molecule has 3 rings (SSSR count). The van der Waals surface area contributed by atoms with Gasteiger partial charge >= 0.3 is 0 Å². The van der Waals surface area contributed by atoms with E-state index < -0.39 is 16.1 Å². The van der Waals surface area contributed by atoms with Crippen LogP contribution in [-0.4, -0.2) is 56.6 Å². The average Bonchev–Trinajstić information content (AvgIpc) is 3.39. The van der Waals surface area contributed by atoms with Crippen molar-refractivity contribution in [1.82, 2.24) is 10.2 Å². The zero-order valence-electron chi connectivity index (χ0n) is 22.7. The van der Waals surface area contributed by atoms with Crippen LogP contribution < -0.4 is 14.4 Å². The number of amides is 2. The molecule has 1 fully saturated rings. The number of carbonyl (C=O) groups excluding carboxylic acids is 2. The number of halogens is 2. The average molecular weight is 599 g/mol. The van der Waals surface area contributed by atoms with Crippen LogP contribution in [-0.2, 0) is 26.2 Å². The van der Waals surface area contributed by atoms with Gasteiger partial charge in [0.05, 0.1) is 18.6 Å². The molecule has 8 nitrogen and oxygen atoms in total. The van der Waals surface area contributed by atoms with Crippen molar-refractivity contribution in [3.05, 3.63) is 58.1 Å². The summed E-state index contributed by atoms with van der Waals surface area (Å²) in [6, 6.07) is 11.3. The molecule has 214 valence electrons. The summed E-state index contributed by atoms with van der Waals surface area (Å²) < 4.78 is 32.2. The number of carbonyl (C=O) groups is 2. The third kappa shape index (κ3) is 8.50. The van der Waals surface area contributed by atoms with Gasteiger partial charge < -0.3 is 15.0 Å². The number of anilines is 1. The van der Waals surface area contributed by atoms with E-state index in [2.05, 4.69) is 5.32 Å². The van der Waals surface area contributed by atoms with Crippen LogP contribution in [0, 0.1) is 0 Å². The molecule has 1 atom stereocenters. The summed E-state index contributed by atoms with van der Waals surface area (Å²) in [6.07, 6.45) is 5.36. The molecule has 0 saturated heterocycles. The highest BCUT2D eigenvalue weighted by atomic mass is 35.5. The summed E-state index contributed by atoms with van der Waals surface area (Å²) in [6.45, 7) is 4.02. The molecule has 0 aliphatic heterocycles. The second kappa shape index (κ2) is 14.2. The van der Waals surface area contributed by atoms with E-state index in [4.69, 9.17) is 27.9 Å². The van der Waals surface area contributed by atoms with Gasteiger partial charge in [-0.2, -0.15) is 0 Å². The van der Waals surface area contributed by atoms with Crippen molar-refractivity contribution >= 4 is 50.7 Å². The SMILES string of the molecule is CCOc1ccccc1N(CCCC(=O)N(Cc1c(Cl)cccc1Cl)C(C)C(=O)NC1CCCC1)S(C)(=O)=O. The van der Waals surface area contributed by atoms with Crippen molar-refractivity contribution in [3.63, 3.8) is 0 Å². The lowest BCUT2D eigenvalue weighted by molar-refractivity contribution is -0.140. The zero-order valence-corrected chi connectivity index (χ0v) is 25.0. The Morgan fingerprint density at radius 3 is 2.33 bits per heavy atom. The lowest BCUT2D eigenvalue weighted by Gasteiger charge is -2.31. The lowest BCUT2D eigenvalue weighted by atomic mass is 10.1. The maximum Gasteiger partial charge on any atom is 0.242 e. The lowest BCUT2D eigenvalue weighted by Crippen LogP contribution is -2.49. The van der Waals surface area contributed by atoms with E-state index in [0.717, 1.165) is 31.9 Å². The van der Waals surface area contributed by atoms with Gasteiger partial charge in [-0.25, -0.2) is 8.42 Å². The molecule has 0 aromatic heterocycles. The first-order valence-electron chi connectivity index (χ1n) is 13.2. The van der Waals surface area contributed by atoms with Gasteiger partial charge in [-0.3, -0.25) is 13.9 Å². The molecule has 1 saturated carbocycles. The van der Waals surface area contributed by atoms with E-state index >= 15 is 0 Å². The minimum Gasteiger partial charge on any atom is -0.492 e. The van der Waals surface area contributed by atoms with Crippen LogP contribution in [0.1, 0.15) is 57.9 Å². The second-order valence-corrected chi connectivity index (χ2v) is 12.4. The molecular weight excluding hydrogens is 561 g/mol. The normalized spacial score (nSPS) is 14.6. The molecule has 0 radical (unpaired) electrons. The molecule has 11 heteroatoms. The van der Waals surface area contributed by atoms with E-state index in [1.807, 2.05) is 6.92 Å². The number of rotatable bonds is 13. The van der Waals surface area contributed by atoms with E-state index in [0.29, 0.717) is 33.7 Å². The van der Waals surface area contributed by atoms with Gasteiger partial charge in [0.1, 0.15) is 11.8 Å². The first-order valence-corrected chi connectivity index (χ1v) is 15.9. The van der Waals surface area contributed by atoms with Gasteiger partial charge in [-0.15, -0.1) is 0 Å². The number of sulfonamides is 1. The van der Waals surface area contributed by atoms with Crippen LogP contribution in [0.5, 0.6) is 5.75 Å². The molecule has 0 spiro atoms. The molecule has 1 unspecified atom stereocenters. The molecule has 0 heterocycles. The van der Waals surface area contributed by atoms with Gasteiger partial charge in [0.25, 0.3) is 0 Å². The third-order valence-corrected chi connectivity index (χ3v) is 8.73. The van der Waals surface area contributed by atoms with Crippen molar-refractivity contribution in [1.29, 1.82) is 0 Å². The van der Waals surface area contributed by atoms with E-state index in [1.165, 1.54) is 9.21 Å². The molecule has 0 bridgehead atoms. The standard InChI is InChI=1S/C28H37Cl2N3O5S/c1-4-38-26-16-8-7-15-25(26)33(39(3,36)37)18-10-17-27(34)32(19-22-23(29)13-9-14-24(22)30)20(2)28(35)31-21-11-5-6-12-21/h7-9,13-16,20-21H,4-6,10-12,17-19H2,1-3H3,(H,31,35). The van der Waals surface area contributed by atoms with Crippen LogP contribution in [0.15, 0.2) is 42.5 Å². The number of para-hydroxylation sites is 2. The van der Waals surface area contributed by atoms with Crippen LogP contribution in [0.2, 0.25) is 10.0 Å². The topological polar surface area (TPSA) is 96.0 Å². The largest absolute Gasteiger partial charge is 0.492 e. The number of hydrogen-bond acceptors (Lipinski definition) is 5. The van der Waals surface area contributed by atoms with Gasteiger partial charge in [-0.05, 0) is 57.4 Å². The van der Waals surface area contributed by atoms with Crippen LogP contribution in [0.3, 0.4) is 0 Å². The summed E-state index contributed by atoms with van der Waals surface area (Å²) in [5.74, 6) is -0.0858. The number of nitrogens with zero attached hydrogens (tertiary/aromatic N) is 2. The maximum atomic E-state index is 13.6. The highest BCUT2D eigenvalue weighted by molar-refractivity contribution is 7.92. The zero-order chi connectivity index (χ0) is 28.6. The Kier molecular flexibility index (Phi) is 11.3. The van der Waals surface area contributed by atoms with Gasteiger partial charge in [-0.1, -0.05) is 54.2 Å². The predicted molar refractivity (Wildman–Crippen MR) is 156 cm³/mol.